The predicted octanol–water partition coefficient (Wildman–Crippen LogP) is 6.51. The van der Waals surface area contributed by atoms with Gasteiger partial charge in [0.25, 0.3) is 5.91 Å². The number of aromatic nitrogens is 2. The molecule has 12 nitrogen and oxygen atoms in total. The Kier molecular flexibility index (Phi) is 11.5. The summed E-state index contributed by atoms with van der Waals surface area (Å²) in [5, 5.41) is 15.0. The quantitative estimate of drug-likeness (QED) is 0.0614. The molecule has 0 radical (unpaired) electrons. The summed E-state index contributed by atoms with van der Waals surface area (Å²) in [5.41, 5.74) is 5.08. The average molecular weight is 758 g/mol. The molecule has 2 atom stereocenters. The van der Waals surface area contributed by atoms with E-state index in [1.807, 2.05) is 24.3 Å². The number of ketones is 1. The molecule has 4 aromatic rings. The number of amides is 5. The van der Waals surface area contributed by atoms with Crippen LogP contribution in [-0.4, -0.2) is 51.6 Å². The van der Waals surface area contributed by atoms with E-state index in [0.29, 0.717) is 65.9 Å². The molecular formula is C42H40ClN7O5. The molecule has 2 aliphatic carbocycles. The summed E-state index contributed by atoms with van der Waals surface area (Å²) in [7, 11) is 0. The zero-order valence-electron chi connectivity index (χ0n) is 30.0. The van der Waals surface area contributed by atoms with Crippen LogP contribution in [0.25, 0.3) is 0 Å². The normalized spacial score (nSPS) is 20.8. The number of imide groups is 1. The number of hydrogen-bond donors (Lipinski definition) is 5. The lowest BCUT2D eigenvalue weighted by atomic mass is 9.80. The van der Waals surface area contributed by atoms with Crippen molar-refractivity contribution in [1.82, 2.24) is 20.6 Å². The molecule has 7 rings (SSSR count). The standard InChI is InChI=1S/C42H40ClN7O5/c43-37-24-33(18-20-45-37)49-42(55)48-32-17-19-44-31(23-32)9-7-25-3-1-5-28(21-25)40(53)47-30-12-10-29(11-13-30)46-35-6-2-4-27-22-26(8-15-36(51)39(27)35)34-14-16-38(52)50-41(34)54/h1-6,17-21,23-24,26,29-30,34,46H,8,10-16,22H2,(H,47,53)(H,50,52,54)(H2,44,45,48,49,55)/t26?,29-,30+,34?. The van der Waals surface area contributed by atoms with Gasteiger partial charge in [0.2, 0.25) is 11.8 Å². The number of fused-ring (bicyclic) bond motifs is 1. The highest BCUT2D eigenvalue weighted by Gasteiger charge is 2.36. The maximum absolute atomic E-state index is 13.4. The Morgan fingerprint density at radius 2 is 1.53 bits per heavy atom. The summed E-state index contributed by atoms with van der Waals surface area (Å²) in [6, 6.07) is 19.2. The van der Waals surface area contributed by atoms with Crippen LogP contribution in [-0.2, 0) is 16.0 Å². The third-order valence-electron chi connectivity index (χ3n) is 10.4. The molecule has 3 aliphatic rings. The fraction of sp³-hybridized carbons (Fsp3) is 0.310. The SMILES string of the molecule is O=C1CCC(C2CCC(=O)c3c(cccc3N[C@H]3CC[C@@H](NC(=O)c4cccc(C#Cc5cc(NC(=O)Nc6ccnc(Cl)c6)ccn5)c4)CC3)C2)C(=O)N1. The molecule has 55 heavy (non-hydrogen) atoms. The number of nitrogens with zero attached hydrogens (tertiary/aromatic N) is 2. The number of Topliss-reactive ketones (excluding diaryl/α,β-unsaturated/α-hetero) is 1. The predicted molar refractivity (Wildman–Crippen MR) is 209 cm³/mol. The van der Waals surface area contributed by atoms with E-state index in [-0.39, 0.29) is 52.6 Å². The van der Waals surface area contributed by atoms with Crippen LogP contribution in [0.3, 0.4) is 0 Å². The second-order valence-corrected chi connectivity index (χ2v) is 14.6. The molecule has 5 amide bonds. The third-order valence-corrected chi connectivity index (χ3v) is 10.6. The summed E-state index contributed by atoms with van der Waals surface area (Å²) >= 11 is 5.89. The topological polar surface area (TPSA) is 171 Å². The van der Waals surface area contributed by atoms with Crippen molar-refractivity contribution >= 4 is 58.2 Å². The van der Waals surface area contributed by atoms with Crippen molar-refractivity contribution in [2.24, 2.45) is 11.8 Å². The second-order valence-electron chi connectivity index (χ2n) is 14.2. The van der Waals surface area contributed by atoms with Crippen molar-refractivity contribution in [3.8, 4) is 11.8 Å². The van der Waals surface area contributed by atoms with E-state index in [0.717, 1.165) is 36.9 Å². The number of benzene rings is 2. The Hall–Kier alpha value is -6.06. The van der Waals surface area contributed by atoms with Gasteiger partial charge >= 0.3 is 6.03 Å². The number of hydrogen-bond acceptors (Lipinski definition) is 8. The van der Waals surface area contributed by atoms with Crippen molar-refractivity contribution in [1.29, 1.82) is 0 Å². The number of pyridine rings is 2. The van der Waals surface area contributed by atoms with Gasteiger partial charge in [0.05, 0.1) is 0 Å². The van der Waals surface area contributed by atoms with Gasteiger partial charge in [-0.2, -0.15) is 0 Å². The number of piperidine rings is 1. The summed E-state index contributed by atoms with van der Waals surface area (Å²) in [4.78, 5) is 71.6. The molecule has 2 fully saturated rings. The van der Waals surface area contributed by atoms with Gasteiger partial charge in [-0.15, -0.1) is 0 Å². The van der Waals surface area contributed by atoms with Crippen molar-refractivity contribution in [3.63, 3.8) is 0 Å². The van der Waals surface area contributed by atoms with Crippen molar-refractivity contribution in [2.45, 2.75) is 69.9 Å². The lowest BCUT2D eigenvalue weighted by Gasteiger charge is -2.31. The largest absolute Gasteiger partial charge is 0.382 e. The van der Waals surface area contributed by atoms with Gasteiger partial charge in [0, 0.05) is 77.0 Å². The highest BCUT2D eigenvalue weighted by molar-refractivity contribution is 6.29. The van der Waals surface area contributed by atoms with E-state index in [1.165, 1.54) is 12.3 Å². The fourth-order valence-corrected chi connectivity index (χ4v) is 7.82. The monoisotopic (exact) mass is 757 g/mol. The van der Waals surface area contributed by atoms with E-state index < -0.39 is 6.03 Å². The van der Waals surface area contributed by atoms with Crippen LogP contribution >= 0.6 is 11.6 Å². The number of carbonyl (C=O) groups excluding carboxylic acids is 5. The average Bonchev–Trinajstić information content (AvgIpc) is 3.34. The molecule has 2 aromatic heterocycles. The zero-order valence-corrected chi connectivity index (χ0v) is 30.7. The molecule has 5 N–H and O–H groups in total. The second kappa shape index (κ2) is 17.0. The van der Waals surface area contributed by atoms with Gasteiger partial charge in [-0.05, 0) is 111 Å². The summed E-state index contributed by atoms with van der Waals surface area (Å²) in [6.07, 6.45) is 8.74. The van der Waals surface area contributed by atoms with Crippen LogP contribution in [0.2, 0.25) is 5.15 Å². The lowest BCUT2D eigenvalue weighted by molar-refractivity contribution is -0.137. The van der Waals surface area contributed by atoms with Crippen LogP contribution in [0.1, 0.15) is 88.9 Å². The first-order valence-corrected chi connectivity index (χ1v) is 18.9. The van der Waals surface area contributed by atoms with Gasteiger partial charge in [-0.25, -0.2) is 14.8 Å². The van der Waals surface area contributed by atoms with Crippen LogP contribution in [0.5, 0.6) is 0 Å². The Balaban J connectivity index is 0.914. The maximum atomic E-state index is 13.4. The molecule has 2 aromatic carbocycles. The molecule has 2 unspecified atom stereocenters. The minimum Gasteiger partial charge on any atom is -0.382 e. The van der Waals surface area contributed by atoms with Gasteiger partial charge < -0.3 is 21.3 Å². The Morgan fingerprint density at radius 3 is 2.31 bits per heavy atom. The van der Waals surface area contributed by atoms with Gasteiger partial charge in [0.1, 0.15) is 10.8 Å². The van der Waals surface area contributed by atoms with Gasteiger partial charge in [0.15, 0.2) is 5.78 Å². The Bertz CT molecular complexity index is 2210. The van der Waals surface area contributed by atoms with Crippen LogP contribution < -0.4 is 26.6 Å². The molecule has 1 saturated carbocycles. The molecule has 0 spiro atoms. The molecule has 13 heteroatoms. The summed E-state index contributed by atoms with van der Waals surface area (Å²) < 4.78 is 0. The minimum atomic E-state index is -0.458. The summed E-state index contributed by atoms with van der Waals surface area (Å²) in [5.74, 6) is 5.27. The minimum absolute atomic E-state index is 0.0104. The first-order chi connectivity index (χ1) is 26.7. The Labute approximate surface area is 323 Å². The van der Waals surface area contributed by atoms with Crippen molar-refractivity contribution < 1.29 is 24.0 Å². The molecular weight excluding hydrogens is 718 g/mol. The Morgan fingerprint density at radius 1 is 0.782 bits per heavy atom. The van der Waals surface area contributed by atoms with Gasteiger partial charge in [-0.3, -0.25) is 24.5 Å². The smallest absolute Gasteiger partial charge is 0.323 e. The number of urea groups is 1. The zero-order chi connectivity index (χ0) is 38.3. The van der Waals surface area contributed by atoms with Crippen LogP contribution in [0.4, 0.5) is 21.9 Å². The van der Waals surface area contributed by atoms with E-state index in [4.69, 9.17) is 11.6 Å². The first-order valence-electron chi connectivity index (χ1n) is 18.5. The molecule has 3 heterocycles. The van der Waals surface area contributed by atoms with E-state index in [9.17, 15) is 24.0 Å². The molecule has 280 valence electrons. The number of nitrogens with one attached hydrogen (secondary N) is 5. The molecule has 0 bridgehead atoms. The first kappa shape index (κ1) is 37.3. The van der Waals surface area contributed by atoms with E-state index in [1.54, 1.807) is 42.6 Å². The number of halogens is 1. The summed E-state index contributed by atoms with van der Waals surface area (Å²) in [6.45, 7) is 0. The molecule has 1 aliphatic heterocycles. The van der Waals surface area contributed by atoms with Crippen molar-refractivity contribution in [2.75, 3.05) is 16.0 Å². The maximum Gasteiger partial charge on any atom is 0.323 e. The van der Waals surface area contributed by atoms with E-state index in [2.05, 4.69) is 48.4 Å². The lowest BCUT2D eigenvalue weighted by Crippen LogP contribution is -2.44. The highest BCUT2D eigenvalue weighted by atomic mass is 35.5. The number of rotatable bonds is 7. The van der Waals surface area contributed by atoms with Crippen LogP contribution in [0, 0.1) is 23.7 Å². The van der Waals surface area contributed by atoms with Crippen LogP contribution in [0.15, 0.2) is 79.1 Å². The third kappa shape index (κ3) is 9.55. The molecule has 1 saturated heterocycles. The highest BCUT2D eigenvalue weighted by Crippen LogP contribution is 2.36. The number of anilines is 3. The van der Waals surface area contributed by atoms with E-state index >= 15 is 0 Å². The van der Waals surface area contributed by atoms with Crippen molar-refractivity contribution in [3.05, 3.63) is 112 Å². The fourth-order valence-electron chi connectivity index (χ4n) is 7.64. The van der Waals surface area contributed by atoms with Gasteiger partial charge in [-0.1, -0.05) is 35.7 Å². The number of carbonyl (C=O) groups is 5.